The van der Waals surface area contributed by atoms with Crippen LogP contribution in [0.3, 0.4) is 0 Å². The first-order valence-electron chi connectivity index (χ1n) is 8.64. The molecule has 6 nitrogen and oxygen atoms in total. The SMILES string of the molecule is c1ccc(CCn2nnnc2CN2CCN3CCC[C@H]3C2)cc1. The number of nitrogens with zero attached hydrogens (tertiary/aromatic N) is 6. The summed E-state index contributed by atoms with van der Waals surface area (Å²) >= 11 is 0. The first-order valence-corrected chi connectivity index (χ1v) is 8.64. The molecule has 0 aliphatic carbocycles. The zero-order chi connectivity index (χ0) is 15.5. The summed E-state index contributed by atoms with van der Waals surface area (Å²) in [5.74, 6) is 0.993. The molecule has 2 saturated heterocycles. The second kappa shape index (κ2) is 6.76. The quantitative estimate of drug-likeness (QED) is 0.830. The first kappa shape index (κ1) is 14.8. The topological polar surface area (TPSA) is 50.1 Å². The smallest absolute Gasteiger partial charge is 0.165 e. The maximum absolute atomic E-state index is 4.25. The summed E-state index contributed by atoms with van der Waals surface area (Å²) < 4.78 is 1.97. The summed E-state index contributed by atoms with van der Waals surface area (Å²) in [6.45, 7) is 6.47. The van der Waals surface area contributed by atoms with Gasteiger partial charge in [0.15, 0.2) is 5.82 Å². The molecular weight excluding hydrogens is 288 g/mol. The zero-order valence-corrected chi connectivity index (χ0v) is 13.5. The number of hydrogen-bond donors (Lipinski definition) is 0. The van der Waals surface area contributed by atoms with E-state index in [0.29, 0.717) is 0 Å². The monoisotopic (exact) mass is 312 g/mol. The Labute approximate surface area is 137 Å². The van der Waals surface area contributed by atoms with Crippen molar-refractivity contribution in [3.63, 3.8) is 0 Å². The van der Waals surface area contributed by atoms with E-state index in [2.05, 4.69) is 55.7 Å². The van der Waals surface area contributed by atoms with E-state index >= 15 is 0 Å². The van der Waals surface area contributed by atoms with Crippen molar-refractivity contribution in [2.75, 3.05) is 26.2 Å². The van der Waals surface area contributed by atoms with Crippen molar-refractivity contribution < 1.29 is 0 Å². The van der Waals surface area contributed by atoms with Crippen LogP contribution in [0.1, 0.15) is 24.2 Å². The van der Waals surface area contributed by atoms with Gasteiger partial charge >= 0.3 is 0 Å². The number of rotatable bonds is 5. The van der Waals surface area contributed by atoms with Crippen LogP contribution in [0.25, 0.3) is 0 Å². The molecule has 1 aromatic carbocycles. The second-order valence-electron chi connectivity index (χ2n) is 6.62. The highest BCUT2D eigenvalue weighted by Gasteiger charge is 2.30. The van der Waals surface area contributed by atoms with Gasteiger partial charge < -0.3 is 0 Å². The van der Waals surface area contributed by atoms with E-state index in [0.717, 1.165) is 44.5 Å². The van der Waals surface area contributed by atoms with E-state index < -0.39 is 0 Å². The lowest BCUT2D eigenvalue weighted by Crippen LogP contribution is -2.49. The molecule has 0 bridgehead atoms. The predicted octanol–water partition coefficient (Wildman–Crippen LogP) is 1.20. The molecule has 23 heavy (non-hydrogen) atoms. The van der Waals surface area contributed by atoms with Gasteiger partial charge in [0.05, 0.1) is 6.54 Å². The van der Waals surface area contributed by atoms with E-state index in [4.69, 9.17) is 0 Å². The van der Waals surface area contributed by atoms with Crippen LogP contribution in [-0.2, 0) is 19.5 Å². The van der Waals surface area contributed by atoms with Crippen LogP contribution in [0, 0.1) is 0 Å². The highest BCUT2D eigenvalue weighted by molar-refractivity contribution is 5.14. The van der Waals surface area contributed by atoms with Crippen LogP contribution < -0.4 is 0 Å². The molecule has 2 aromatic rings. The standard InChI is InChI=1S/C17H24N6/c1-2-5-15(6-3-1)8-10-23-17(18-19-20-23)14-21-11-12-22-9-4-7-16(22)13-21/h1-3,5-6,16H,4,7-14H2/t16-/m0/s1. The summed E-state index contributed by atoms with van der Waals surface area (Å²) in [6, 6.07) is 11.3. The van der Waals surface area contributed by atoms with Crippen LogP contribution in [0.2, 0.25) is 0 Å². The number of fused-ring (bicyclic) bond motifs is 1. The molecule has 0 saturated carbocycles. The fraction of sp³-hybridized carbons (Fsp3) is 0.588. The van der Waals surface area contributed by atoms with Crippen LogP contribution in [0.15, 0.2) is 30.3 Å². The molecule has 0 unspecified atom stereocenters. The Hall–Kier alpha value is -1.79. The van der Waals surface area contributed by atoms with Gasteiger partial charge in [0.1, 0.15) is 0 Å². The average Bonchev–Trinajstić information content (AvgIpc) is 3.22. The second-order valence-corrected chi connectivity index (χ2v) is 6.62. The Kier molecular flexibility index (Phi) is 4.35. The van der Waals surface area contributed by atoms with Crippen molar-refractivity contribution in [3.05, 3.63) is 41.7 Å². The van der Waals surface area contributed by atoms with Crippen molar-refractivity contribution in [2.24, 2.45) is 0 Å². The molecule has 0 N–H and O–H groups in total. The lowest BCUT2D eigenvalue weighted by molar-refractivity contribution is 0.0962. The van der Waals surface area contributed by atoms with Gasteiger partial charge in [0.2, 0.25) is 0 Å². The molecule has 0 spiro atoms. The molecule has 0 amide bonds. The van der Waals surface area contributed by atoms with Crippen molar-refractivity contribution >= 4 is 0 Å². The Morgan fingerprint density at radius 3 is 2.91 bits per heavy atom. The van der Waals surface area contributed by atoms with E-state index in [-0.39, 0.29) is 0 Å². The largest absolute Gasteiger partial charge is 0.298 e. The molecule has 2 aliphatic rings. The Morgan fingerprint density at radius 2 is 2.00 bits per heavy atom. The predicted molar refractivity (Wildman–Crippen MR) is 87.8 cm³/mol. The molecule has 1 atom stereocenters. The molecule has 6 heteroatoms. The first-order chi connectivity index (χ1) is 11.4. The Morgan fingerprint density at radius 1 is 1.09 bits per heavy atom. The minimum Gasteiger partial charge on any atom is -0.298 e. The van der Waals surface area contributed by atoms with E-state index in [9.17, 15) is 0 Å². The summed E-state index contributed by atoms with van der Waals surface area (Å²) in [7, 11) is 0. The number of hydrogen-bond acceptors (Lipinski definition) is 5. The van der Waals surface area contributed by atoms with E-state index in [1.807, 2.05) is 4.68 Å². The van der Waals surface area contributed by atoms with Gasteiger partial charge in [-0.1, -0.05) is 30.3 Å². The van der Waals surface area contributed by atoms with Crippen molar-refractivity contribution in [1.29, 1.82) is 0 Å². The summed E-state index contributed by atoms with van der Waals surface area (Å²) in [5.41, 5.74) is 1.33. The minimum atomic E-state index is 0.748. The third-order valence-corrected chi connectivity index (χ3v) is 5.10. The highest BCUT2D eigenvalue weighted by atomic mass is 15.5. The summed E-state index contributed by atoms with van der Waals surface area (Å²) in [5, 5.41) is 12.3. The normalized spacial score (nSPS) is 22.3. The third-order valence-electron chi connectivity index (χ3n) is 5.10. The molecule has 3 heterocycles. The number of aryl methyl sites for hydroxylation is 2. The van der Waals surface area contributed by atoms with Crippen molar-refractivity contribution in [3.8, 4) is 0 Å². The van der Waals surface area contributed by atoms with Gasteiger partial charge in [0, 0.05) is 32.2 Å². The number of piperazine rings is 1. The Bertz CT molecular complexity index is 625. The lowest BCUT2D eigenvalue weighted by Gasteiger charge is -2.37. The van der Waals surface area contributed by atoms with Gasteiger partial charge in [-0.25, -0.2) is 4.68 Å². The van der Waals surface area contributed by atoms with Gasteiger partial charge in [-0.05, 0) is 41.8 Å². The van der Waals surface area contributed by atoms with Crippen molar-refractivity contribution in [1.82, 2.24) is 30.0 Å². The van der Waals surface area contributed by atoms with Gasteiger partial charge in [-0.15, -0.1) is 5.10 Å². The Balaban J connectivity index is 1.35. The molecule has 1 aromatic heterocycles. The summed E-state index contributed by atoms with van der Waals surface area (Å²) in [4.78, 5) is 5.14. The summed E-state index contributed by atoms with van der Waals surface area (Å²) in [6.07, 6.45) is 3.66. The maximum Gasteiger partial charge on any atom is 0.165 e. The van der Waals surface area contributed by atoms with Crippen LogP contribution in [-0.4, -0.2) is 62.2 Å². The van der Waals surface area contributed by atoms with Crippen LogP contribution >= 0.6 is 0 Å². The highest BCUT2D eigenvalue weighted by Crippen LogP contribution is 2.22. The van der Waals surface area contributed by atoms with Crippen molar-refractivity contribution in [2.45, 2.75) is 38.4 Å². The molecule has 4 rings (SSSR count). The fourth-order valence-corrected chi connectivity index (χ4v) is 3.79. The molecule has 122 valence electrons. The number of tetrazole rings is 1. The van der Waals surface area contributed by atoms with E-state index in [1.54, 1.807) is 0 Å². The minimum absolute atomic E-state index is 0.748. The molecule has 0 radical (unpaired) electrons. The number of aromatic nitrogens is 4. The van der Waals surface area contributed by atoms with Gasteiger partial charge in [-0.3, -0.25) is 9.80 Å². The number of benzene rings is 1. The zero-order valence-electron chi connectivity index (χ0n) is 13.5. The molecular formula is C17H24N6. The van der Waals surface area contributed by atoms with Crippen LogP contribution in [0.5, 0.6) is 0 Å². The molecule has 2 aliphatic heterocycles. The van der Waals surface area contributed by atoms with Crippen LogP contribution in [0.4, 0.5) is 0 Å². The fourth-order valence-electron chi connectivity index (χ4n) is 3.79. The lowest BCUT2D eigenvalue weighted by atomic mass is 10.1. The average molecular weight is 312 g/mol. The van der Waals surface area contributed by atoms with Gasteiger partial charge in [0.25, 0.3) is 0 Å². The molecule has 2 fully saturated rings. The maximum atomic E-state index is 4.25. The van der Waals surface area contributed by atoms with Gasteiger partial charge in [-0.2, -0.15) is 0 Å². The third kappa shape index (κ3) is 3.43. The van der Waals surface area contributed by atoms with E-state index in [1.165, 1.54) is 31.5 Å².